The number of carbonyl (C=O) groups excluding carboxylic acids is 8. The van der Waals surface area contributed by atoms with Crippen LogP contribution >= 0.6 is 0 Å². The Kier molecular flexibility index (Phi) is 24.1. The first-order chi connectivity index (χ1) is 36.3. The molecule has 0 aliphatic rings. The van der Waals surface area contributed by atoms with E-state index in [9.17, 15) is 43.5 Å². The first-order valence-electron chi connectivity index (χ1n) is 26.4. The van der Waals surface area contributed by atoms with Crippen LogP contribution in [0.1, 0.15) is 119 Å². The number of rotatable bonds is 28. The number of hydrogen-bond acceptors (Lipinski definition) is 12. The summed E-state index contributed by atoms with van der Waals surface area (Å²) in [6.07, 6.45) is 2.64. The lowest BCUT2D eigenvalue weighted by Gasteiger charge is -2.42. The molecule has 0 saturated carbocycles. The number of hydrogen-bond donors (Lipinski definition) is 7. The third-order valence-electron chi connectivity index (χ3n) is 13.8. The molecule has 0 spiro atoms. The first-order valence-corrected chi connectivity index (χ1v) is 26.4. The maximum atomic E-state index is 15.2. The first kappa shape index (κ1) is 65.0. The third-order valence-corrected chi connectivity index (χ3v) is 13.8. The number of ketones is 1. The van der Waals surface area contributed by atoms with Crippen LogP contribution in [0.25, 0.3) is 10.9 Å². The van der Waals surface area contributed by atoms with Crippen LogP contribution in [0.4, 0.5) is 9.59 Å². The van der Waals surface area contributed by atoms with Gasteiger partial charge in [0.2, 0.25) is 23.6 Å². The van der Waals surface area contributed by atoms with E-state index >= 15 is 4.79 Å². The van der Waals surface area contributed by atoms with Gasteiger partial charge in [0.1, 0.15) is 24.7 Å². The Labute approximate surface area is 458 Å². The molecule has 0 saturated heterocycles. The van der Waals surface area contributed by atoms with E-state index in [1.54, 1.807) is 78.9 Å². The lowest BCUT2D eigenvalue weighted by Crippen LogP contribution is -2.63. The molecule has 0 fully saturated rings. The average Bonchev–Trinajstić information content (AvgIpc) is 3.79. The van der Waals surface area contributed by atoms with Crippen molar-refractivity contribution in [3.63, 3.8) is 0 Å². The number of Topliss-reactive ketones (excluding diaryl/α,β-unsaturated/α-hetero) is 1. The molecule has 0 aliphatic carbocycles. The minimum absolute atomic E-state index is 0.0243. The Morgan fingerprint density at radius 2 is 1.41 bits per heavy atom. The summed E-state index contributed by atoms with van der Waals surface area (Å²) in [5, 5.41) is 20.9. The fourth-order valence-electron chi connectivity index (χ4n) is 9.16. The van der Waals surface area contributed by atoms with E-state index < -0.39 is 94.8 Å². The van der Waals surface area contributed by atoms with Crippen LogP contribution in [-0.4, -0.2) is 136 Å². The summed E-state index contributed by atoms with van der Waals surface area (Å²) in [4.78, 5) is 122. The monoisotopic (exact) mass is 1090 g/mol. The molecule has 1 heterocycles. The van der Waals surface area contributed by atoms with Crippen LogP contribution in [0.5, 0.6) is 0 Å². The van der Waals surface area contributed by atoms with Crippen LogP contribution in [0.2, 0.25) is 0 Å². The van der Waals surface area contributed by atoms with Gasteiger partial charge in [-0.15, -0.1) is 0 Å². The van der Waals surface area contributed by atoms with E-state index in [0.29, 0.717) is 17.5 Å². The predicted octanol–water partition coefficient (Wildman–Crippen LogP) is 4.99. The fourth-order valence-corrected chi connectivity index (χ4v) is 9.16. The van der Waals surface area contributed by atoms with Crippen molar-refractivity contribution in [1.82, 2.24) is 35.6 Å². The SMILES string of the molecule is CCOC(=O)[C@@H](CCC(=O)O)NC(=O)/C(C)=C/[C@H](C(C)C)N(C)C(=O)[C@@H](NC(=O)C(N(C)C(=O)OCc1ccc(CC(=O)[C@H](CCCNC(N)=O)NC(=O)[C@@H](N)C(C)C)cc1)C(C)(C)c1cn(C)c2ccccc12)C(C)(C)C. The summed E-state index contributed by atoms with van der Waals surface area (Å²) in [7, 11) is 4.91. The number of nitrogens with one attached hydrogen (secondary N) is 4. The van der Waals surface area contributed by atoms with Gasteiger partial charge in [0.15, 0.2) is 5.78 Å². The second-order valence-electron chi connectivity index (χ2n) is 22.2. The van der Waals surface area contributed by atoms with Gasteiger partial charge in [0.05, 0.1) is 24.7 Å². The molecule has 430 valence electrons. The predicted molar refractivity (Wildman–Crippen MR) is 296 cm³/mol. The highest BCUT2D eigenvalue weighted by Gasteiger charge is 2.46. The van der Waals surface area contributed by atoms with Gasteiger partial charge in [-0.05, 0) is 73.1 Å². The Bertz CT molecular complexity index is 2640. The van der Waals surface area contributed by atoms with Gasteiger partial charge >= 0.3 is 24.1 Å². The lowest BCUT2D eigenvalue weighted by molar-refractivity contribution is -0.147. The Balaban J connectivity index is 1.95. The number of ether oxygens (including phenoxy) is 2. The number of fused-ring (bicyclic) bond motifs is 1. The number of primary amides is 1. The summed E-state index contributed by atoms with van der Waals surface area (Å²) < 4.78 is 12.9. The molecule has 1 aromatic heterocycles. The van der Waals surface area contributed by atoms with Gasteiger partial charge in [-0.2, -0.15) is 0 Å². The van der Waals surface area contributed by atoms with E-state index in [4.69, 9.17) is 20.9 Å². The van der Waals surface area contributed by atoms with Crippen LogP contribution in [0.15, 0.2) is 66.4 Å². The topological polar surface area (TPSA) is 304 Å². The number of urea groups is 1. The quantitative estimate of drug-likeness (QED) is 0.0287. The van der Waals surface area contributed by atoms with Gasteiger partial charge in [0, 0.05) is 68.6 Å². The minimum atomic E-state index is -1.28. The minimum Gasteiger partial charge on any atom is -0.481 e. The number of aromatic nitrogens is 1. The van der Waals surface area contributed by atoms with E-state index in [2.05, 4.69) is 21.3 Å². The van der Waals surface area contributed by atoms with Gasteiger partial charge in [-0.25, -0.2) is 14.4 Å². The number of aryl methyl sites for hydroxylation is 1. The molecule has 1 unspecified atom stereocenters. The number of carboxylic acids is 1. The van der Waals surface area contributed by atoms with E-state index in [-0.39, 0.29) is 68.6 Å². The van der Waals surface area contributed by atoms with Gasteiger partial charge in [0.25, 0.3) is 0 Å². The summed E-state index contributed by atoms with van der Waals surface area (Å²) >= 11 is 0. The largest absolute Gasteiger partial charge is 0.481 e. The number of benzene rings is 2. The summed E-state index contributed by atoms with van der Waals surface area (Å²) in [5.74, 6) is -4.90. The van der Waals surface area contributed by atoms with Crippen molar-refractivity contribution in [2.75, 3.05) is 27.2 Å². The molecule has 6 atom stereocenters. The third kappa shape index (κ3) is 18.2. The summed E-state index contributed by atoms with van der Waals surface area (Å²) in [6, 6.07) is 7.70. The maximum absolute atomic E-state index is 15.2. The zero-order valence-corrected chi connectivity index (χ0v) is 48.0. The normalized spacial score (nSPS) is 14.3. The molecule has 3 aromatic rings. The highest BCUT2D eigenvalue weighted by Crippen LogP contribution is 2.37. The molecule has 0 bridgehead atoms. The van der Waals surface area contributed by atoms with E-state index in [0.717, 1.165) is 16.5 Å². The Morgan fingerprint density at radius 1 is 0.795 bits per heavy atom. The number of amides is 7. The van der Waals surface area contributed by atoms with Gasteiger partial charge < -0.3 is 56.8 Å². The van der Waals surface area contributed by atoms with Crippen molar-refractivity contribution in [1.29, 1.82) is 0 Å². The zero-order chi connectivity index (χ0) is 59.0. The maximum Gasteiger partial charge on any atom is 0.410 e. The van der Waals surface area contributed by atoms with Crippen molar-refractivity contribution in [3.05, 3.63) is 83.1 Å². The summed E-state index contributed by atoms with van der Waals surface area (Å²) in [5.41, 5.74) is 12.2. The van der Waals surface area contributed by atoms with Crippen LogP contribution in [-0.2, 0) is 68.5 Å². The molecule has 7 amide bonds. The Morgan fingerprint density at radius 3 is 1.97 bits per heavy atom. The van der Waals surface area contributed by atoms with Crippen LogP contribution in [0, 0.1) is 17.3 Å². The molecule has 2 aromatic carbocycles. The molecular formula is C57H85N9O12. The molecular weight excluding hydrogens is 1000 g/mol. The number of carboxylic acid groups (broad SMARTS) is 1. The lowest BCUT2D eigenvalue weighted by atomic mass is 9.76. The molecule has 0 radical (unpaired) electrons. The van der Waals surface area contributed by atoms with Gasteiger partial charge in [-0.3, -0.25) is 33.7 Å². The standard InChI is InChI=1S/C57H85N9O12/c1-15-77-53(74)41(26-27-45(68)69)62-49(70)35(6)29-43(33(2)3)65(13)52(73)47(56(7,8)9)63-51(72)48(57(10,11)39-31-64(12)42-21-17-16-19-38(39)42)66(14)55(76)78-32-37-24-22-36(23-25-37)30-44(67)40(20-18-28-60-54(59)75)61-50(71)46(58)34(4)5/h16-17,19,21-25,29,31,33-34,40-41,43,46-48H,15,18,20,26-28,30,32,58H2,1-14H3,(H,61,71)(H,62,70)(H,63,72)(H,68,69)(H3,59,60,75)/b35-29+/t40-,41+,43+,46-,47+,48?/m0/s1. The van der Waals surface area contributed by atoms with Crippen molar-refractivity contribution in [2.24, 2.45) is 35.8 Å². The Hall–Kier alpha value is -7.29. The van der Waals surface area contributed by atoms with Gasteiger partial charge in [-0.1, -0.05) is 111 Å². The van der Waals surface area contributed by atoms with Crippen LogP contribution < -0.4 is 32.7 Å². The van der Waals surface area contributed by atoms with Crippen molar-refractivity contribution >= 4 is 64.4 Å². The number of para-hydroxylation sites is 1. The number of nitrogens with two attached hydrogens (primary N) is 2. The van der Waals surface area contributed by atoms with Crippen LogP contribution in [0.3, 0.4) is 0 Å². The molecule has 9 N–H and O–H groups in total. The van der Waals surface area contributed by atoms with Crippen molar-refractivity contribution in [3.8, 4) is 0 Å². The van der Waals surface area contributed by atoms with Crippen molar-refractivity contribution < 1.29 is 57.7 Å². The summed E-state index contributed by atoms with van der Waals surface area (Å²) in [6.45, 7) is 19.5. The molecule has 0 aliphatic heterocycles. The molecule has 21 nitrogen and oxygen atoms in total. The molecule has 3 rings (SSSR count). The fraction of sp³-hybridized carbons (Fsp3) is 0.561. The number of likely N-dealkylation sites (N-methyl/N-ethyl adjacent to an activating group) is 2. The molecule has 78 heavy (non-hydrogen) atoms. The van der Waals surface area contributed by atoms with E-state index in [1.165, 1.54) is 23.8 Å². The average molecular weight is 1090 g/mol. The van der Waals surface area contributed by atoms with Crippen molar-refractivity contribution in [2.45, 2.75) is 157 Å². The number of aliphatic carboxylic acids is 1. The highest BCUT2D eigenvalue weighted by molar-refractivity contribution is 5.97. The second-order valence-corrected chi connectivity index (χ2v) is 22.2. The number of carbonyl (C=O) groups is 9. The zero-order valence-electron chi connectivity index (χ0n) is 48.0. The number of esters is 1. The highest BCUT2D eigenvalue weighted by atomic mass is 16.6. The smallest absolute Gasteiger partial charge is 0.410 e. The second kappa shape index (κ2) is 28.9. The molecule has 21 heteroatoms. The number of nitrogens with zero attached hydrogens (tertiary/aromatic N) is 3. The van der Waals surface area contributed by atoms with E-state index in [1.807, 2.05) is 69.8 Å².